The Morgan fingerprint density at radius 2 is 2.24 bits per heavy atom. The first-order valence-electron chi connectivity index (χ1n) is 5.28. The summed E-state index contributed by atoms with van der Waals surface area (Å²) in [7, 11) is 0. The van der Waals surface area contributed by atoms with Crippen molar-refractivity contribution in [3.63, 3.8) is 0 Å². The summed E-state index contributed by atoms with van der Waals surface area (Å²) < 4.78 is 0.917. The highest BCUT2D eigenvalue weighted by Gasteiger charge is 2.40. The van der Waals surface area contributed by atoms with Crippen LogP contribution in [0.2, 0.25) is 0 Å². The maximum atomic E-state index is 12.3. The number of halogens is 1. The van der Waals surface area contributed by atoms with Gasteiger partial charge in [-0.05, 0) is 41.9 Å². The van der Waals surface area contributed by atoms with Crippen LogP contribution < -0.4 is 5.32 Å². The number of piperazine rings is 1. The normalized spacial score (nSPS) is 19.0. The molecular weight excluding hydrogens is 304 g/mol. The smallest absolute Gasteiger partial charge is 0.264 e. The van der Waals surface area contributed by atoms with Crippen LogP contribution in [0.25, 0.3) is 0 Å². The quantitative estimate of drug-likeness (QED) is 0.859. The van der Waals surface area contributed by atoms with Crippen LogP contribution in [0.15, 0.2) is 15.9 Å². The lowest BCUT2D eigenvalue weighted by atomic mass is 9.98. The topological polar surface area (TPSA) is 49.4 Å². The van der Waals surface area contributed by atoms with Crippen molar-refractivity contribution in [2.24, 2.45) is 0 Å². The zero-order chi connectivity index (χ0) is 12.6. The van der Waals surface area contributed by atoms with Gasteiger partial charge in [-0.1, -0.05) is 0 Å². The highest BCUT2D eigenvalue weighted by Crippen LogP contribution is 2.27. The predicted molar refractivity (Wildman–Crippen MR) is 70.1 cm³/mol. The number of hydrogen-bond acceptors (Lipinski definition) is 3. The van der Waals surface area contributed by atoms with Crippen LogP contribution >= 0.6 is 27.3 Å². The lowest BCUT2D eigenvalue weighted by Crippen LogP contribution is -2.63. The second-order valence-corrected chi connectivity index (χ2v) is 6.84. The molecule has 92 valence electrons. The second-order valence-electron chi connectivity index (χ2n) is 4.38. The number of hydrogen-bond donors (Lipinski definition) is 1. The Kier molecular flexibility index (Phi) is 3.27. The highest BCUT2D eigenvalue weighted by molar-refractivity contribution is 9.11. The fourth-order valence-corrected chi connectivity index (χ4v) is 3.15. The lowest BCUT2D eigenvalue weighted by Gasteiger charge is -2.40. The molecule has 2 heterocycles. The van der Waals surface area contributed by atoms with Crippen LogP contribution in [0.1, 0.15) is 23.5 Å². The minimum Gasteiger partial charge on any atom is -0.352 e. The molecular formula is C11H13BrN2O2S. The van der Waals surface area contributed by atoms with E-state index in [-0.39, 0.29) is 11.8 Å². The van der Waals surface area contributed by atoms with Gasteiger partial charge in [-0.25, -0.2) is 0 Å². The van der Waals surface area contributed by atoms with Crippen molar-refractivity contribution in [3.05, 3.63) is 20.8 Å². The molecule has 0 aliphatic carbocycles. The van der Waals surface area contributed by atoms with E-state index in [1.165, 1.54) is 11.3 Å². The van der Waals surface area contributed by atoms with Gasteiger partial charge < -0.3 is 10.2 Å². The van der Waals surface area contributed by atoms with Gasteiger partial charge in [0.1, 0.15) is 5.54 Å². The Balaban J connectivity index is 2.27. The first-order chi connectivity index (χ1) is 7.93. The fourth-order valence-electron chi connectivity index (χ4n) is 1.82. The monoisotopic (exact) mass is 316 g/mol. The summed E-state index contributed by atoms with van der Waals surface area (Å²) in [6, 6.07) is 3.62. The average Bonchev–Trinajstić information content (AvgIpc) is 2.68. The van der Waals surface area contributed by atoms with Gasteiger partial charge in [0, 0.05) is 13.1 Å². The molecule has 1 N–H and O–H groups in total. The molecule has 1 aliphatic rings. The van der Waals surface area contributed by atoms with Crippen LogP contribution in [0.5, 0.6) is 0 Å². The molecule has 1 aromatic heterocycles. The maximum absolute atomic E-state index is 12.3. The van der Waals surface area contributed by atoms with Crippen LogP contribution in [0, 0.1) is 0 Å². The Morgan fingerprint density at radius 3 is 2.82 bits per heavy atom. The van der Waals surface area contributed by atoms with Crippen molar-refractivity contribution in [1.29, 1.82) is 0 Å². The van der Waals surface area contributed by atoms with Gasteiger partial charge in [-0.3, -0.25) is 9.59 Å². The first kappa shape index (κ1) is 12.6. The van der Waals surface area contributed by atoms with Gasteiger partial charge in [0.25, 0.3) is 5.91 Å². The third-order valence-corrected chi connectivity index (χ3v) is 4.49. The summed E-state index contributed by atoms with van der Waals surface area (Å²) in [4.78, 5) is 26.3. The standard InChI is InChI=1S/C11H13BrN2O2S/c1-11(2)10(16)13-5-6-14(11)9(15)7-3-4-8(12)17-7/h3-4H,5-6H2,1-2H3,(H,13,16). The van der Waals surface area contributed by atoms with Crippen molar-refractivity contribution >= 4 is 39.1 Å². The molecule has 0 radical (unpaired) electrons. The summed E-state index contributed by atoms with van der Waals surface area (Å²) >= 11 is 4.72. The Hall–Kier alpha value is -0.880. The van der Waals surface area contributed by atoms with E-state index in [1.54, 1.807) is 24.8 Å². The third kappa shape index (κ3) is 2.24. The van der Waals surface area contributed by atoms with Gasteiger partial charge >= 0.3 is 0 Å². The number of nitrogens with one attached hydrogen (secondary N) is 1. The van der Waals surface area contributed by atoms with Crippen molar-refractivity contribution in [3.8, 4) is 0 Å². The minimum absolute atomic E-state index is 0.0828. The molecule has 1 aliphatic heterocycles. The molecule has 0 aromatic carbocycles. The molecule has 2 rings (SSSR count). The molecule has 0 unspecified atom stereocenters. The molecule has 0 saturated carbocycles. The molecule has 6 heteroatoms. The minimum atomic E-state index is -0.786. The molecule has 0 spiro atoms. The molecule has 2 amide bonds. The second kappa shape index (κ2) is 4.42. The number of carbonyl (C=O) groups excluding carboxylic acids is 2. The number of amides is 2. The van der Waals surface area contributed by atoms with E-state index in [0.29, 0.717) is 18.0 Å². The first-order valence-corrected chi connectivity index (χ1v) is 6.89. The Morgan fingerprint density at radius 1 is 1.53 bits per heavy atom. The molecule has 0 atom stereocenters. The van der Waals surface area contributed by atoms with Gasteiger partial charge in [0.05, 0.1) is 8.66 Å². The lowest BCUT2D eigenvalue weighted by molar-refractivity contribution is -0.133. The molecule has 1 fully saturated rings. The highest BCUT2D eigenvalue weighted by atomic mass is 79.9. The van der Waals surface area contributed by atoms with Gasteiger partial charge in [0.15, 0.2) is 0 Å². The van der Waals surface area contributed by atoms with E-state index in [4.69, 9.17) is 0 Å². The van der Waals surface area contributed by atoms with Gasteiger partial charge in [0.2, 0.25) is 5.91 Å². The van der Waals surface area contributed by atoms with E-state index in [2.05, 4.69) is 21.2 Å². The number of nitrogens with zero attached hydrogens (tertiary/aromatic N) is 1. The van der Waals surface area contributed by atoms with Crippen molar-refractivity contribution in [2.75, 3.05) is 13.1 Å². The third-order valence-electron chi connectivity index (χ3n) is 2.88. The van der Waals surface area contributed by atoms with Crippen LogP contribution in [0.4, 0.5) is 0 Å². The summed E-state index contributed by atoms with van der Waals surface area (Å²) in [5, 5.41) is 2.78. The largest absolute Gasteiger partial charge is 0.352 e. The maximum Gasteiger partial charge on any atom is 0.264 e. The molecule has 1 saturated heterocycles. The Labute approximate surface area is 112 Å². The molecule has 0 bridgehead atoms. The van der Waals surface area contributed by atoms with Crippen LogP contribution in [-0.2, 0) is 4.79 Å². The molecule has 4 nitrogen and oxygen atoms in total. The zero-order valence-electron chi connectivity index (χ0n) is 9.62. The van der Waals surface area contributed by atoms with Gasteiger partial charge in [-0.2, -0.15) is 0 Å². The SMILES string of the molecule is CC1(C)C(=O)NCCN1C(=O)c1ccc(Br)s1. The van der Waals surface area contributed by atoms with Crippen LogP contribution in [0.3, 0.4) is 0 Å². The van der Waals surface area contributed by atoms with Crippen molar-refractivity contribution < 1.29 is 9.59 Å². The number of carbonyl (C=O) groups is 2. The molecule has 17 heavy (non-hydrogen) atoms. The molecule has 1 aromatic rings. The number of thiophene rings is 1. The summed E-state index contributed by atoms with van der Waals surface area (Å²) in [6.07, 6.45) is 0. The van der Waals surface area contributed by atoms with E-state index < -0.39 is 5.54 Å². The van der Waals surface area contributed by atoms with Gasteiger partial charge in [-0.15, -0.1) is 11.3 Å². The van der Waals surface area contributed by atoms with E-state index in [9.17, 15) is 9.59 Å². The van der Waals surface area contributed by atoms with Crippen molar-refractivity contribution in [2.45, 2.75) is 19.4 Å². The van der Waals surface area contributed by atoms with E-state index in [1.807, 2.05) is 6.07 Å². The van der Waals surface area contributed by atoms with Crippen molar-refractivity contribution in [1.82, 2.24) is 10.2 Å². The number of rotatable bonds is 1. The summed E-state index contributed by atoms with van der Waals surface area (Å²) in [5.41, 5.74) is -0.786. The summed E-state index contributed by atoms with van der Waals surface area (Å²) in [6.45, 7) is 4.59. The van der Waals surface area contributed by atoms with Crippen LogP contribution in [-0.4, -0.2) is 35.3 Å². The Bertz CT molecular complexity index is 470. The summed E-state index contributed by atoms with van der Waals surface area (Å²) in [5.74, 6) is -0.187. The zero-order valence-corrected chi connectivity index (χ0v) is 12.0. The average molecular weight is 317 g/mol. The predicted octanol–water partition coefficient (Wildman–Crippen LogP) is 1.86. The van der Waals surface area contributed by atoms with E-state index in [0.717, 1.165) is 3.79 Å². The van der Waals surface area contributed by atoms with E-state index >= 15 is 0 Å². The fraction of sp³-hybridized carbons (Fsp3) is 0.455.